The molecule has 2 amide bonds. The highest BCUT2D eigenvalue weighted by atomic mass is 16.5. The molecule has 2 aromatic rings. The maximum Gasteiger partial charge on any atom is 0.233 e. The molecule has 0 saturated heterocycles. The van der Waals surface area contributed by atoms with Crippen molar-refractivity contribution in [3.05, 3.63) is 42.2 Å². The lowest BCUT2D eigenvalue weighted by Crippen LogP contribution is -2.30. The van der Waals surface area contributed by atoms with Gasteiger partial charge in [-0.2, -0.15) is 5.10 Å². The Labute approximate surface area is 134 Å². The minimum absolute atomic E-state index is 0.231. The first-order chi connectivity index (χ1) is 11.1. The van der Waals surface area contributed by atoms with Gasteiger partial charge in [-0.15, -0.1) is 0 Å². The molecule has 0 saturated carbocycles. The topological polar surface area (TPSA) is 87.3 Å². The van der Waals surface area contributed by atoms with E-state index < -0.39 is 0 Å². The third-order valence-corrected chi connectivity index (χ3v) is 3.16. The van der Waals surface area contributed by atoms with Crippen molar-refractivity contribution in [2.75, 3.05) is 19.0 Å². The molecule has 1 aromatic heterocycles. The summed E-state index contributed by atoms with van der Waals surface area (Å²) < 4.78 is 5.44. The van der Waals surface area contributed by atoms with E-state index in [1.54, 1.807) is 37.5 Å². The van der Waals surface area contributed by atoms with Gasteiger partial charge in [-0.1, -0.05) is 12.1 Å². The number of hydrogen-bond donors (Lipinski definition) is 2. The number of ether oxygens (including phenoxy) is 1. The van der Waals surface area contributed by atoms with Gasteiger partial charge in [0, 0.05) is 13.2 Å². The molecule has 1 heterocycles. The van der Waals surface area contributed by atoms with Crippen molar-refractivity contribution in [3.63, 3.8) is 0 Å². The first kappa shape index (κ1) is 16.5. The molecule has 2 rings (SSSR count). The number of aromatic amines is 1. The summed E-state index contributed by atoms with van der Waals surface area (Å²) in [5, 5.41) is 9.31. The van der Waals surface area contributed by atoms with Crippen LogP contribution in [0.5, 0.6) is 5.75 Å². The Morgan fingerprint density at radius 2 is 2.09 bits per heavy atom. The van der Waals surface area contributed by atoms with Crippen LogP contribution in [0.3, 0.4) is 0 Å². The molecule has 0 fully saturated rings. The number of amides is 2. The summed E-state index contributed by atoms with van der Waals surface area (Å²) >= 11 is 0. The largest absolute Gasteiger partial charge is 0.492 e. The van der Waals surface area contributed by atoms with Gasteiger partial charge >= 0.3 is 0 Å². The Morgan fingerprint density at radius 1 is 1.30 bits per heavy atom. The SMILES string of the molecule is CCOc1ccccc1NC(=O)CC(=O)N(C)Cc1ccn[nH]1. The summed E-state index contributed by atoms with van der Waals surface area (Å²) in [5.74, 6) is -0.0637. The van der Waals surface area contributed by atoms with Crippen LogP contribution in [0.1, 0.15) is 19.0 Å². The van der Waals surface area contributed by atoms with Crippen LogP contribution < -0.4 is 10.1 Å². The Bertz CT molecular complexity index is 655. The second-order valence-electron chi connectivity index (χ2n) is 4.99. The summed E-state index contributed by atoms with van der Waals surface area (Å²) in [6.07, 6.45) is 1.39. The Morgan fingerprint density at radius 3 is 2.78 bits per heavy atom. The molecule has 0 unspecified atom stereocenters. The zero-order valence-corrected chi connectivity index (χ0v) is 13.2. The van der Waals surface area contributed by atoms with Crippen LogP contribution >= 0.6 is 0 Å². The number of nitrogens with zero attached hydrogens (tertiary/aromatic N) is 2. The smallest absolute Gasteiger partial charge is 0.233 e. The van der Waals surface area contributed by atoms with E-state index >= 15 is 0 Å². The number of hydrogen-bond acceptors (Lipinski definition) is 4. The molecule has 122 valence electrons. The molecule has 0 atom stereocenters. The van der Waals surface area contributed by atoms with Crippen LogP contribution in [-0.4, -0.2) is 40.6 Å². The van der Waals surface area contributed by atoms with Crippen molar-refractivity contribution < 1.29 is 14.3 Å². The predicted octanol–water partition coefficient (Wildman–Crippen LogP) is 1.80. The van der Waals surface area contributed by atoms with E-state index in [1.165, 1.54) is 4.90 Å². The minimum atomic E-state index is -0.376. The summed E-state index contributed by atoms with van der Waals surface area (Å²) in [7, 11) is 1.64. The van der Waals surface area contributed by atoms with Crippen molar-refractivity contribution in [2.24, 2.45) is 0 Å². The van der Waals surface area contributed by atoms with Crippen LogP contribution in [0.4, 0.5) is 5.69 Å². The fourth-order valence-electron chi connectivity index (χ4n) is 2.03. The average Bonchev–Trinajstić information content (AvgIpc) is 3.02. The summed E-state index contributed by atoms with van der Waals surface area (Å²) in [6, 6.07) is 8.91. The van der Waals surface area contributed by atoms with E-state index in [4.69, 9.17) is 4.74 Å². The summed E-state index contributed by atoms with van der Waals surface area (Å²) in [6.45, 7) is 2.74. The third-order valence-electron chi connectivity index (χ3n) is 3.16. The van der Waals surface area contributed by atoms with Gasteiger partial charge in [0.15, 0.2) is 0 Å². The number of para-hydroxylation sites is 2. The van der Waals surface area contributed by atoms with Crippen LogP contribution in [0, 0.1) is 0 Å². The molecule has 0 aliphatic carbocycles. The molecule has 1 aromatic carbocycles. The zero-order chi connectivity index (χ0) is 16.7. The molecular weight excluding hydrogens is 296 g/mol. The monoisotopic (exact) mass is 316 g/mol. The zero-order valence-electron chi connectivity index (χ0n) is 13.2. The first-order valence-corrected chi connectivity index (χ1v) is 7.34. The van der Waals surface area contributed by atoms with Gasteiger partial charge in [0.1, 0.15) is 12.2 Å². The van der Waals surface area contributed by atoms with Crippen LogP contribution in [0.25, 0.3) is 0 Å². The number of rotatable bonds is 7. The fraction of sp³-hybridized carbons (Fsp3) is 0.312. The van der Waals surface area contributed by atoms with E-state index in [1.807, 2.05) is 13.0 Å². The highest BCUT2D eigenvalue weighted by Crippen LogP contribution is 2.23. The van der Waals surface area contributed by atoms with Crippen molar-refractivity contribution in [1.82, 2.24) is 15.1 Å². The Balaban J connectivity index is 1.90. The highest BCUT2D eigenvalue weighted by molar-refractivity contribution is 6.04. The molecular formula is C16H20N4O3. The number of benzene rings is 1. The minimum Gasteiger partial charge on any atom is -0.492 e. The predicted molar refractivity (Wildman–Crippen MR) is 85.9 cm³/mol. The first-order valence-electron chi connectivity index (χ1n) is 7.34. The Kier molecular flexibility index (Phi) is 5.74. The van der Waals surface area contributed by atoms with E-state index in [-0.39, 0.29) is 18.2 Å². The van der Waals surface area contributed by atoms with Crippen molar-refractivity contribution in [1.29, 1.82) is 0 Å². The third kappa shape index (κ3) is 4.84. The molecule has 0 aliphatic rings. The molecule has 0 radical (unpaired) electrons. The van der Waals surface area contributed by atoms with E-state index in [0.29, 0.717) is 24.6 Å². The quantitative estimate of drug-likeness (QED) is 0.762. The maximum absolute atomic E-state index is 12.1. The number of H-pyrrole nitrogens is 1. The maximum atomic E-state index is 12.1. The molecule has 2 N–H and O–H groups in total. The summed E-state index contributed by atoms with van der Waals surface area (Å²) in [4.78, 5) is 25.6. The van der Waals surface area contributed by atoms with E-state index in [0.717, 1.165) is 5.69 Å². The van der Waals surface area contributed by atoms with Crippen LogP contribution in [0.15, 0.2) is 36.5 Å². The van der Waals surface area contributed by atoms with Gasteiger partial charge in [-0.25, -0.2) is 0 Å². The number of nitrogens with one attached hydrogen (secondary N) is 2. The second kappa shape index (κ2) is 7.98. The molecule has 0 spiro atoms. The van der Waals surface area contributed by atoms with Gasteiger partial charge in [0.25, 0.3) is 0 Å². The van der Waals surface area contributed by atoms with E-state index in [2.05, 4.69) is 15.5 Å². The van der Waals surface area contributed by atoms with Gasteiger partial charge in [-0.05, 0) is 25.1 Å². The standard InChI is InChI=1S/C16H20N4O3/c1-3-23-14-7-5-4-6-13(14)18-15(21)10-16(22)20(2)11-12-8-9-17-19-12/h4-9H,3,10-11H2,1-2H3,(H,17,19)(H,18,21). The normalized spacial score (nSPS) is 10.2. The molecule has 23 heavy (non-hydrogen) atoms. The van der Waals surface area contributed by atoms with Gasteiger partial charge in [-0.3, -0.25) is 14.7 Å². The fourth-order valence-corrected chi connectivity index (χ4v) is 2.03. The number of anilines is 1. The average molecular weight is 316 g/mol. The van der Waals surface area contributed by atoms with Crippen molar-refractivity contribution >= 4 is 17.5 Å². The van der Waals surface area contributed by atoms with Crippen molar-refractivity contribution in [2.45, 2.75) is 19.9 Å². The lowest BCUT2D eigenvalue weighted by molar-refractivity contribution is -0.134. The summed E-state index contributed by atoms with van der Waals surface area (Å²) in [5.41, 5.74) is 1.37. The molecule has 7 heteroatoms. The number of carbonyl (C=O) groups is 2. The molecule has 0 aliphatic heterocycles. The second-order valence-corrected chi connectivity index (χ2v) is 4.99. The van der Waals surface area contributed by atoms with Crippen LogP contribution in [0.2, 0.25) is 0 Å². The van der Waals surface area contributed by atoms with Gasteiger partial charge in [0.2, 0.25) is 11.8 Å². The number of carbonyl (C=O) groups excluding carboxylic acids is 2. The van der Waals surface area contributed by atoms with Crippen LogP contribution in [-0.2, 0) is 16.1 Å². The van der Waals surface area contributed by atoms with Gasteiger partial charge in [0.05, 0.1) is 24.5 Å². The van der Waals surface area contributed by atoms with Crippen molar-refractivity contribution in [3.8, 4) is 5.75 Å². The number of aromatic nitrogens is 2. The van der Waals surface area contributed by atoms with Gasteiger partial charge < -0.3 is 15.0 Å². The lowest BCUT2D eigenvalue weighted by Gasteiger charge is -2.16. The lowest BCUT2D eigenvalue weighted by atomic mass is 10.2. The molecule has 7 nitrogen and oxygen atoms in total. The highest BCUT2D eigenvalue weighted by Gasteiger charge is 2.16. The van der Waals surface area contributed by atoms with E-state index in [9.17, 15) is 9.59 Å². The Hall–Kier alpha value is -2.83. The molecule has 0 bridgehead atoms.